The summed E-state index contributed by atoms with van der Waals surface area (Å²) in [6, 6.07) is 6.88. The molecule has 0 bridgehead atoms. The van der Waals surface area contributed by atoms with E-state index in [1.54, 1.807) is 16.7 Å². The minimum Gasteiger partial charge on any atom is -0.317 e. The summed E-state index contributed by atoms with van der Waals surface area (Å²) in [6.07, 6.45) is 5.08. The molecule has 1 aliphatic heterocycles. The van der Waals surface area contributed by atoms with Crippen molar-refractivity contribution < 1.29 is 0 Å². The molecule has 1 N–H and O–H groups in total. The summed E-state index contributed by atoms with van der Waals surface area (Å²) >= 11 is 0. The molecule has 1 aromatic rings. The molecule has 1 saturated heterocycles. The van der Waals surface area contributed by atoms with Crippen molar-refractivity contribution in [3.05, 3.63) is 34.9 Å². The van der Waals surface area contributed by atoms with Gasteiger partial charge in [0.25, 0.3) is 0 Å². The minimum absolute atomic E-state index is 0.790. The van der Waals surface area contributed by atoms with Gasteiger partial charge in [0.15, 0.2) is 0 Å². The topological polar surface area (TPSA) is 12.0 Å². The highest BCUT2D eigenvalue weighted by Crippen LogP contribution is 2.29. The van der Waals surface area contributed by atoms with Gasteiger partial charge in [0.05, 0.1) is 0 Å². The van der Waals surface area contributed by atoms with E-state index >= 15 is 0 Å². The third-order valence-electron chi connectivity index (χ3n) is 3.79. The van der Waals surface area contributed by atoms with Gasteiger partial charge in [-0.1, -0.05) is 31.5 Å². The van der Waals surface area contributed by atoms with Crippen molar-refractivity contribution in [1.82, 2.24) is 5.32 Å². The van der Waals surface area contributed by atoms with Gasteiger partial charge >= 0.3 is 0 Å². The van der Waals surface area contributed by atoms with Crippen molar-refractivity contribution in [2.24, 2.45) is 0 Å². The lowest BCUT2D eigenvalue weighted by Gasteiger charge is -2.25. The molecular formula is C15H23N. The Labute approximate surface area is 99.3 Å². The lowest BCUT2D eigenvalue weighted by molar-refractivity contribution is 0.459. The van der Waals surface area contributed by atoms with Gasteiger partial charge in [0, 0.05) is 0 Å². The van der Waals surface area contributed by atoms with Crippen LogP contribution in [0.4, 0.5) is 0 Å². The Balaban J connectivity index is 2.22. The third kappa shape index (κ3) is 2.46. The van der Waals surface area contributed by atoms with Gasteiger partial charge in [-0.05, 0) is 61.9 Å². The van der Waals surface area contributed by atoms with Gasteiger partial charge in [-0.25, -0.2) is 0 Å². The second-order valence-electron chi connectivity index (χ2n) is 4.91. The molecular weight excluding hydrogens is 194 g/mol. The number of rotatable bonds is 3. The average Bonchev–Trinajstić information content (AvgIpc) is 2.33. The smallest absolute Gasteiger partial charge is 0.00431 e. The standard InChI is InChI=1S/C15H23N/c1-3-5-13-6-4-7-15(12(13)2)14-8-10-16-11-9-14/h4,6-7,14,16H,3,5,8-11H2,1-2H3. The Hall–Kier alpha value is -0.820. The summed E-state index contributed by atoms with van der Waals surface area (Å²) in [5.74, 6) is 0.790. The van der Waals surface area contributed by atoms with Gasteiger partial charge in [-0.2, -0.15) is 0 Å². The molecule has 1 heterocycles. The summed E-state index contributed by atoms with van der Waals surface area (Å²) < 4.78 is 0. The zero-order chi connectivity index (χ0) is 11.4. The summed E-state index contributed by atoms with van der Waals surface area (Å²) in [4.78, 5) is 0. The molecule has 0 radical (unpaired) electrons. The lowest BCUT2D eigenvalue weighted by atomic mass is 9.85. The first-order valence-corrected chi connectivity index (χ1v) is 6.62. The van der Waals surface area contributed by atoms with E-state index in [-0.39, 0.29) is 0 Å². The van der Waals surface area contributed by atoms with Crippen LogP contribution in [-0.2, 0) is 6.42 Å². The van der Waals surface area contributed by atoms with Gasteiger partial charge in [-0.15, -0.1) is 0 Å². The third-order valence-corrected chi connectivity index (χ3v) is 3.79. The second kappa shape index (κ2) is 5.49. The summed E-state index contributed by atoms with van der Waals surface area (Å²) in [7, 11) is 0. The molecule has 2 rings (SSSR count). The molecule has 16 heavy (non-hydrogen) atoms. The Morgan fingerprint density at radius 1 is 1.25 bits per heavy atom. The highest BCUT2D eigenvalue weighted by atomic mass is 14.9. The quantitative estimate of drug-likeness (QED) is 0.818. The highest BCUT2D eigenvalue weighted by molar-refractivity contribution is 5.36. The first-order valence-electron chi connectivity index (χ1n) is 6.62. The zero-order valence-electron chi connectivity index (χ0n) is 10.6. The van der Waals surface area contributed by atoms with Crippen LogP contribution in [0.2, 0.25) is 0 Å². The fourth-order valence-corrected chi connectivity index (χ4v) is 2.82. The van der Waals surface area contributed by atoms with Crippen molar-refractivity contribution >= 4 is 0 Å². The maximum Gasteiger partial charge on any atom is -0.00431 e. The molecule has 0 atom stereocenters. The van der Waals surface area contributed by atoms with Crippen LogP contribution in [0.1, 0.15) is 48.8 Å². The van der Waals surface area contributed by atoms with Crippen molar-refractivity contribution in [1.29, 1.82) is 0 Å². The van der Waals surface area contributed by atoms with E-state index in [1.165, 1.54) is 38.8 Å². The van der Waals surface area contributed by atoms with Crippen LogP contribution in [-0.4, -0.2) is 13.1 Å². The molecule has 1 heteroatoms. The molecule has 1 nitrogen and oxygen atoms in total. The first-order chi connectivity index (χ1) is 7.83. The Kier molecular flexibility index (Phi) is 4.00. The van der Waals surface area contributed by atoms with Crippen LogP contribution in [0, 0.1) is 6.92 Å². The number of aryl methyl sites for hydroxylation is 1. The summed E-state index contributed by atoms with van der Waals surface area (Å²) in [5, 5.41) is 3.44. The minimum atomic E-state index is 0.790. The number of hydrogen-bond acceptors (Lipinski definition) is 1. The largest absolute Gasteiger partial charge is 0.317 e. The number of hydrogen-bond donors (Lipinski definition) is 1. The van der Waals surface area contributed by atoms with Gasteiger partial charge in [0.2, 0.25) is 0 Å². The van der Waals surface area contributed by atoms with Crippen LogP contribution in [0.25, 0.3) is 0 Å². The van der Waals surface area contributed by atoms with Crippen LogP contribution in [0.15, 0.2) is 18.2 Å². The van der Waals surface area contributed by atoms with Gasteiger partial charge < -0.3 is 5.32 Å². The summed E-state index contributed by atoms with van der Waals surface area (Å²) in [6.45, 7) is 6.93. The van der Waals surface area contributed by atoms with E-state index in [9.17, 15) is 0 Å². The van der Waals surface area contributed by atoms with Crippen LogP contribution in [0.5, 0.6) is 0 Å². The van der Waals surface area contributed by atoms with Crippen LogP contribution < -0.4 is 5.32 Å². The molecule has 0 spiro atoms. The molecule has 1 aliphatic rings. The fourth-order valence-electron chi connectivity index (χ4n) is 2.82. The molecule has 0 aromatic heterocycles. The zero-order valence-corrected chi connectivity index (χ0v) is 10.6. The van der Waals surface area contributed by atoms with E-state index < -0.39 is 0 Å². The van der Waals surface area contributed by atoms with Crippen molar-refractivity contribution in [2.45, 2.75) is 45.4 Å². The van der Waals surface area contributed by atoms with Crippen molar-refractivity contribution in [3.63, 3.8) is 0 Å². The van der Waals surface area contributed by atoms with Gasteiger partial charge in [0.1, 0.15) is 0 Å². The monoisotopic (exact) mass is 217 g/mol. The van der Waals surface area contributed by atoms with Crippen molar-refractivity contribution in [2.75, 3.05) is 13.1 Å². The Morgan fingerprint density at radius 2 is 2.00 bits per heavy atom. The number of piperidine rings is 1. The van der Waals surface area contributed by atoms with E-state index in [4.69, 9.17) is 0 Å². The normalized spacial score (nSPS) is 17.6. The van der Waals surface area contributed by atoms with Crippen LogP contribution >= 0.6 is 0 Å². The molecule has 1 aromatic carbocycles. The average molecular weight is 217 g/mol. The van der Waals surface area contributed by atoms with E-state index in [0.717, 1.165) is 5.92 Å². The molecule has 88 valence electrons. The maximum atomic E-state index is 3.44. The van der Waals surface area contributed by atoms with Crippen molar-refractivity contribution in [3.8, 4) is 0 Å². The Morgan fingerprint density at radius 3 is 2.69 bits per heavy atom. The predicted molar refractivity (Wildman–Crippen MR) is 70.0 cm³/mol. The van der Waals surface area contributed by atoms with Gasteiger partial charge in [-0.3, -0.25) is 0 Å². The molecule has 0 unspecified atom stereocenters. The molecule has 0 aliphatic carbocycles. The molecule has 0 saturated carbocycles. The van der Waals surface area contributed by atoms with E-state index in [2.05, 4.69) is 37.4 Å². The van der Waals surface area contributed by atoms with Crippen LogP contribution in [0.3, 0.4) is 0 Å². The van der Waals surface area contributed by atoms with E-state index in [1.807, 2.05) is 0 Å². The number of nitrogens with one attached hydrogen (secondary N) is 1. The second-order valence-corrected chi connectivity index (χ2v) is 4.91. The lowest BCUT2D eigenvalue weighted by Crippen LogP contribution is -2.27. The highest BCUT2D eigenvalue weighted by Gasteiger charge is 2.17. The SMILES string of the molecule is CCCc1cccc(C2CCNCC2)c1C. The first kappa shape index (κ1) is 11.7. The summed E-state index contributed by atoms with van der Waals surface area (Å²) in [5.41, 5.74) is 4.71. The Bertz CT molecular complexity index is 337. The maximum absolute atomic E-state index is 3.44. The van der Waals surface area contributed by atoms with E-state index in [0.29, 0.717) is 0 Å². The predicted octanol–water partition coefficient (Wildman–Crippen LogP) is 3.41. The molecule has 1 fully saturated rings. The molecule has 0 amide bonds. The number of benzene rings is 1. The fraction of sp³-hybridized carbons (Fsp3) is 0.600.